The Morgan fingerprint density at radius 1 is 1.37 bits per heavy atom. The van der Waals surface area contributed by atoms with Crippen molar-refractivity contribution >= 4 is 33.2 Å². The zero-order valence-corrected chi connectivity index (χ0v) is 15.7. The van der Waals surface area contributed by atoms with Crippen molar-refractivity contribution in [1.82, 2.24) is 9.38 Å². The van der Waals surface area contributed by atoms with Crippen molar-refractivity contribution in [3.63, 3.8) is 0 Å². The number of rotatable bonds is 3. The highest BCUT2D eigenvalue weighted by Crippen LogP contribution is 2.42. The van der Waals surface area contributed by atoms with Crippen LogP contribution in [0, 0.1) is 5.82 Å². The zero-order valence-electron chi connectivity index (χ0n) is 13.4. The molecule has 0 bridgehead atoms. The number of ether oxygens (including phenoxy) is 2. The highest BCUT2D eigenvalue weighted by Gasteiger charge is 2.35. The van der Waals surface area contributed by atoms with Crippen LogP contribution in [0.25, 0.3) is 5.65 Å². The largest absolute Gasteiger partial charge is 0.434 e. The van der Waals surface area contributed by atoms with Crippen LogP contribution in [0.2, 0.25) is 5.02 Å². The molecule has 27 heavy (non-hydrogen) atoms. The third-order valence-corrected chi connectivity index (χ3v) is 5.00. The summed E-state index contributed by atoms with van der Waals surface area (Å²) in [5.41, 5.74) is 1.14. The average Bonchev–Trinajstić information content (AvgIpc) is 2.96. The van der Waals surface area contributed by atoms with Gasteiger partial charge in [0.1, 0.15) is 29.4 Å². The second-order valence-electron chi connectivity index (χ2n) is 5.87. The molecule has 2 aromatic heterocycles. The Kier molecular flexibility index (Phi) is 4.79. The number of hydrogen-bond acceptors (Lipinski definition) is 4. The lowest BCUT2D eigenvalue weighted by Gasteiger charge is -2.28. The van der Waals surface area contributed by atoms with Crippen LogP contribution in [-0.2, 0) is 4.74 Å². The van der Waals surface area contributed by atoms with E-state index in [0.29, 0.717) is 10.7 Å². The van der Waals surface area contributed by atoms with Gasteiger partial charge in [-0.05, 0) is 34.1 Å². The first-order valence-electron chi connectivity index (χ1n) is 7.76. The van der Waals surface area contributed by atoms with E-state index in [9.17, 15) is 18.3 Å². The number of aliphatic hydroxyl groups is 1. The monoisotopic (exact) mass is 462 g/mol. The minimum Gasteiger partial charge on any atom is -0.434 e. The number of imidazole rings is 1. The molecule has 3 aromatic rings. The quantitative estimate of drug-likeness (QED) is 0.615. The number of halogens is 5. The summed E-state index contributed by atoms with van der Waals surface area (Å²) in [4.78, 5) is 4.28. The highest BCUT2D eigenvalue weighted by molar-refractivity contribution is 9.10. The maximum absolute atomic E-state index is 13.9. The van der Waals surface area contributed by atoms with Crippen molar-refractivity contribution in [3.05, 3.63) is 62.7 Å². The first-order valence-corrected chi connectivity index (χ1v) is 8.93. The van der Waals surface area contributed by atoms with Crippen molar-refractivity contribution in [1.29, 1.82) is 0 Å². The molecule has 1 aromatic carbocycles. The molecule has 142 valence electrons. The van der Waals surface area contributed by atoms with E-state index in [1.807, 2.05) is 0 Å². The molecule has 0 fully saturated rings. The Balaban J connectivity index is 1.94. The number of aromatic nitrogens is 2. The molecule has 0 radical (unpaired) electrons. The molecular weight excluding hydrogens is 453 g/mol. The molecule has 1 aliphatic heterocycles. The van der Waals surface area contributed by atoms with Gasteiger partial charge in [-0.2, -0.15) is 8.78 Å². The molecular formula is C17H11BrClF3N2O3. The van der Waals surface area contributed by atoms with Crippen LogP contribution in [-0.4, -0.2) is 27.7 Å². The molecule has 0 aliphatic carbocycles. The van der Waals surface area contributed by atoms with E-state index < -0.39 is 24.6 Å². The topological polar surface area (TPSA) is 56.0 Å². The smallest absolute Gasteiger partial charge is 0.387 e. The Labute approximate surface area is 164 Å². The molecule has 0 spiro atoms. The van der Waals surface area contributed by atoms with Crippen molar-refractivity contribution in [3.8, 4) is 5.75 Å². The van der Waals surface area contributed by atoms with Gasteiger partial charge < -0.3 is 14.6 Å². The zero-order chi connectivity index (χ0) is 19.3. The molecule has 0 saturated heterocycles. The average molecular weight is 464 g/mol. The summed E-state index contributed by atoms with van der Waals surface area (Å²) in [6.45, 7) is -3.16. The normalized spacial score (nSPS) is 19.5. The van der Waals surface area contributed by atoms with Gasteiger partial charge in [0.15, 0.2) is 0 Å². The Hall–Kier alpha value is -1.81. The maximum Gasteiger partial charge on any atom is 0.387 e. The molecule has 2 atom stereocenters. The summed E-state index contributed by atoms with van der Waals surface area (Å²) in [6, 6.07) is 5.38. The summed E-state index contributed by atoms with van der Waals surface area (Å²) in [6.07, 6.45) is -0.511. The highest BCUT2D eigenvalue weighted by atomic mass is 79.9. The standard InChI is InChI=1S/C17H11BrClF3N2O3/c18-9-5-24-13(4-10(9)20)23-14-11(25)6-26-16(15(14)24)8-3-7(19)1-2-12(8)27-17(21)22/h1-5,11,16-17,25H,6H2/t11-,16+/m1/s1. The van der Waals surface area contributed by atoms with Crippen LogP contribution < -0.4 is 4.74 Å². The van der Waals surface area contributed by atoms with Gasteiger partial charge >= 0.3 is 6.61 Å². The Morgan fingerprint density at radius 3 is 2.89 bits per heavy atom. The fourth-order valence-corrected chi connectivity index (χ4v) is 3.59. The lowest BCUT2D eigenvalue weighted by Crippen LogP contribution is -2.23. The van der Waals surface area contributed by atoms with Gasteiger partial charge in [-0.3, -0.25) is 4.40 Å². The van der Waals surface area contributed by atoms with Crippen LogP contribution in [0.3, 0.4) is 0 Å². The van der Waals surface area contributed by atoms with Crippen molar-refractivity contribution in [2.75, 3.05) is 6.61 Å². The van der Waals surface area contributed by atoms with Gasteiger partial charge in [0.2, 0.25) is 0 Å². The van der Waals surface area contributed by atoms with Gasteiger partial charge in [-0.1, -0.05) is 11.6 Å². The first kappa shape index (κ1) is 18.5. The molecule has 0 amide bonds. The number of aliphatic hydroxyl groups excluding tert-OH is 1. The first-order chi connectivity index (χ1) is 12.8. The summed E-state index contributed by atoms with van der Waals surface area (Å²) in [7, 11) is 0. The van der Waals surface area contributed by atoms with E-state index >= 15 is 0 Å². The van der Waals surface area contributed by atoms with Crippen LogP contribution in [0.4, 0.5) is 13.2 Å². The Bertz CT molecular complexity index is 1030. The van der Waals surface area contributed by atoms with Crippen molar-refractivity contribution in [2.45, 2.75) is 18.8 Å². The number of fused-ring (bicyclic) bond motifs is 3. The third kappa shape index (κ3) is 3.29. The van der Waals surface area contributed by atoms with Gasteiger partial charge in [0.05, 0.1) is 22.5 Å². The van der Waals surface area contributed by atoms with Crippen molar-refractivity contribution in [2.24, 2.45) is 0 Å². The molecule has 1 N–H and O–H groups in total. The molecule has 5 nitrogen and oxygen atoms in total. The number of nitrogens with zero attached hydrogens (tertiary/aromatic N) is 2. The Morgan fingerprint density at radius 2 is 2.15 bits per heavy atom. The SMILES string of the molecule is O[C@@H]1CO[C@@H](c2cc(Cl)ccc2OC(F)F)c2c1nc1cc(F)c(Br)cn21. The molecule has 1 aliphatic rings. The van der Waals surface area contributed by atoms with Gasteiger partial charge in [-0.15, -0.1) is 0 Å². The van der Waals surface area contributed by atoms with Gasteiger partial charge in [-0.25, -0.2) is 9.37 Å². The molecule has 10 heteroatoms. The summed E-state index contributed by atoms with van der Waals surface area (Å²) >= 11 is 9.15. The second-order valence-corrected chi connectivity index (χ2v) is 7.16. The third-order valence-electron chi connectivity index (χ3n) is 4.19. The molecule has 3 heterocycles. The number of alkyl halides is 2. The second kappa shape index (κ2) is 6.97. The minimum absolute atomic E-state index is 0.113. The van der Waals surface area contributed by atoms with Crippen LogP contribution >= 0.6 is 27.5 Å². The van der Waals surface area contributed by atoms with Crippen LogP contribution in [0.15, 0.2) is 34.9 Å². The lowest BCUT2D eigenvalue weighted by atomic mass is 9.99. The van der Waals surface area contributed by atoms with E-state index in [1.165, 1.54) is 34.9 Å². The minimum atomic E-state index is -3.04. The number of pyridine rings is 1. The molecule has 0 saturated carbocycles. The van der Waals surface area contributed by atoms with Gasteiger partial charge in [0.25, 0.3) is 0 Å². The van der Waals surface area contributed by atoms with Crippen molar-refractivity contribution < 1.29 is 27.8 Å². The van der Waals surface area contributed by atoms with E-state index in [-0.39, 0.29) is 33.7 Å². The fraction of sp³-hybridized carbons (Fsp3) is 0.235. The maximum atomic E-state index is 13.9. The summed E-state index contributed by atoms with van der Waals surface area (Å²) < 4.78 is 51.5. The van der Waals surface area contributed by atoms with Crippen LogP contribution in [0.1, 0.15) is 29.2 Å². The molecule has 4 rings (SSSR count). The number of hydrogen-bond donors (Lipinski definition) is 1. The predicted octanol–water partition coefficient (Wildman–Crippen LogP) is 4.64. The van der Waals surface area contributed by atoms with Crippen LogP contribution in [0.5, 0.6) is 5.75 Å². The van der Waals surface area contributed by atoms with E-state index in [0.717, 1.165) is 0 Å². The lowest BCUT2D eigenvalue weighted by molar-refractivity contribution is -0.0548. The predicted molar refractivity (Wildman–Crippen MR) is 93.7 cm³/mol. The summed E-state index contributed by atoms with van der Waals surface area (Å²) in [5, 5.41) is 10.5. The van der Waals surface area contributed by atoms with E-state index in [2.05, 4.69) is 25.7 Å². The van der Waals surface area contributed by atoms with Gasteiger partial charge in [0, 0.05) is 22.8 Å². The summed E-state index contributed by atoms with van der Waals surface area (Å²) in [5.74, 6) is -0.640. The number of benzene rings is 1. The fourth-order valence-electron chi connectivity index (χ4n) is 3.09. The molecule has 0 unspecified atom stereocenters. The van der Waals surface area contributed by atoms with E-state index in [1.54, 1.807) is 0 Å². The van der Waals surface area contributed by atoms with E-state index in [4.69, 9.17) is 16.3 Å².